The number of para-hydroxylation sites is 1. The Morgan fingerprint density at radius 1 is 1.19 bits per heavy atom. The zero-order valence-electron chi connectivity index (χ0n) is 14.5. The van der Waals surface area contributed by atoms with Crippen molar-refractivity contribution in [2.24, 2.45) is 0 Å². The highest BCUT2D eigenvalue weighted by atomic mass is 16.5. The second-order valence-electron chi connectivity index (χ2n) is 6.19. The van der Waals surface area contributed by atoms with Gasteiger partial charge in [-0.25, -0.2) is 9.78 Å². The number of carboxylic acid groups (broad SMARTS) is 1. The highest BCUT2D eigenvalue weighted by molar-refractivity contribution is 5.95. The molecule has 3 rings (SSSR count). The molecule has 1 fully saturated rings. The molecule has 26 heavy (non-hydrogen) atoms. The maximum absolute atomic E-state index is 12.7. The number of rotatable bonds is 5. The first-order valence-electron chi connectivity index (χ1n) is 8.45. The number of nitrogens with one attached hydrogen (secondary N) is 1. The van der Waals surface area contributed by atoms with E-state index in [1.165, 1.54) is 0 Å². The van der Waals surface area contributed by atoms with E-state index in [2.05, 4.69) is 10.3 Å². The van der Waals surface area contributed by atoms with Gasteiger partial charge in [0.05, 0.1) is 0 Å². The van der Waals surface area contributed by atoms with E-state index in [9.17, 15) is 14.7 Å². The third kappa shape index (κ3) is 3.61. The van der Waals surface area contributed by atoms with E-state index in [0.717, 1.165) is 0 Å². The lowest BCUT2D eigenvalue weighted by Gasteiger charge is -2.38. The molecule has 7 heteroatoms. The summed E-state index contributed by atoms with van der Waals surface area (Å²) in [5.41, 5.74) is -0.789. The number of amides is 1. The van der Waals surface area contributed by atoms with Crippen LogP contribution in [0.3, 0.4) is 0 Å². The number of aliphatic carboxylic acids is 1. The van der Waals surface area contributed by atoms with Gasteiger partial charge in [-0.3, -0.25) is 4.79 Å². The average Bonchev–Trinajstić information content (AvgIpc) is 2.68. The summed E-state index contributed by atoms with van der Waals surface area (Å²) in [5.74, 6) is -0.0138. The quantitative estimate of drug-likeness (QED) is 0.855. The molecule has 0 atom stereocenters. The van der Waals surface area contributed by atoms with Crippen LogP contribution in [-0.4, -0.2) is 52.6 Å². The van der Waals surface area contributed by atoms with Gasteiger partial charge in [0.25, 0.3) is 5.91 Å². The SMILES string of the molecule is CNc1cc(C(=O)N2CCC(Oc3ccccc3)(C(=O)O)CC2)ccn1. The van der Waals surface area contributed by atoms with E-state index in [4.69, 9.17) is 4.74 Å². The molecule has 2 aromatic rings. The van der Waals surface area contributed by atoms with Crippen LogP contribution < -0.4 is 10.1 Å². The number of nitrogens with zero attached hydrogens (tertiary/aromatic N) is 2. The van der Waals surface area contributed by atoms with Gasteiger partial charge < -0.3 is 20.1 Å². The number of ether oxygens (including phenoxy) is 1. The zero-order valence-corrected chi connectivity index (χ0v) is 14.5. The fourth-order valence-electron chi connectivity index (χ4n) is 3.03. The Balaban J connectivity index is 1.71. The number of likely N-dealkylation sites (tertiary alicyclic amines) is 1. The minimum atomic E-state index is -1.31. The Labute approximate surface area is 151 Å². The number of carboxylic acids is 1. The van der Waals surface area contributed by atoms with Crippen molar-refractivity contribution in [3.63, 3.8) is 0 Å². The predicted molar refractivity (Wildman–Crippen MR) is 96.4 cm³/mol. The molecule has 136 valence electrons. The molecular formula is C19H21N3O4. The smallest absolute Gasteiger partial charge is 0.348 e. The van der Waals surface area contributed by atoms with Crippen molar-refractivity contribution in [3.8, 4) is 5.75 Å². The molecule has 1 saturated heterocycles. The number of hydrogen-bond acceptors (Lipinski definition) is 5. The minimum Gasteiger partial charge on any atom is -0.478 e. The summed E-state index contributed by atoms with van der Waals surface area (Å²) in [4.78, 5) is 30.3. The van der Waals surface area contributed by atoms with Gasteiger partial charge in [-0.15, -0.1) is 0 Å². The van der Waals surface area contributed by atoms with Crippen LogP contribution in [0.5, 0.6) is 5.75 Å². The summed E-state index contributed by atoms with van der Waals surface area (Å²) in [6, 6.07) is 12.2. The lowest BCUT2D eigenvalue weighted by molar-refractivity contribution is -0.159. The zero-order chi connectivity index (χ0) is 18.6. The monoisotopic (exact) mass is 355 g/mol. The first-order valence-corrected chi connectivity index (χ1v) is 8.45. The average molecular weight is 355 g/mol. The highest BCUT2D eigenvalue weighted by Crippen LogP contribution is 2.30. The first-order chi connectivity index (χ1) is 12.5. The molecule has 0 saturated carbocycles. The summed E-state index contributed by atoms with van der Waals surface area (Å²) in [5, 5.41) is 12.6. The largest absolute Gasteiger partial charge is 0.478 e. The normalized spacial score (nSPS) is 16.0. The fraction of sp³-hybridized carbons (Fsp3) is 0.316. The maximum atomic E-state index is 12.7. The van der Waals surface area contributed by atoms with E-state index in [1.807, 2.05) is 6.07 Å². The number of benzene rings is 1. The van der Waals surface area contributed by atoms with Gasteiger partial charge in [0, 0.05) is 44.7 Å². The number of carbonyl (C=O) groups excluding carboxylic acids is 1. The summed E-state index contributed by atoms with van der Waals surface area (Å²) < 4.78 is 5.82. The Bertz CT molecular complexity index is 786. The number of pyridine rings is 1. The van der Waals surface area contributed by atoms with Crippen LogP contribution >= 0.6 is 0 Å². The van der Waals surface area contributed by atoms with Crippen molar-refractivity contribution in [2.45, 2.75) is 18.4 Å². The summed E-state index contributed by atoms with van der Waals surface area (Å²) in [6.45, 7) is 0.629. The second-order valence-corrected chi connectivity index (χ2v) is 6.19. The maximum Gasteiger partial charge on any atom is 0.348 e. The third-order valence-electron chi connectivity index (χ3n) is 4.57. The molecule has 0 unspecified atom stereocenters. The summed E-state index contributed by atoms with van der Waals surface area (Å²) in [6.07, 6.45) is 2.03. The van der Waals surface area contributed by atoms with Crippen LogP contribution in [-0.2, 0) is 4.79 Å². The van der Waals surface area contributed by atoms with Crippen LogP contribution in [0.4, 0.5) is 5.82 Å². The van der Waals surface area contributed by atoms with E-state index in [0.29, 0.717) is 30.2 Å². The standard InChI is InChI=1S/C19H21N3O4/c1-20-16-13-14(7-10-21-16)17(23)22-11-8-19(9-12-22,18(24)25)26-15-5-3-2-4-6-15/h2-7,10,13H,8-9,11-12H2,1H3,(H,20,21)(H,24,25). The van der Waals surface area contributed by atoms with Gasteiger partial charge >= 0.3 is 5.97 Å². The number of piperidine rings is 1. The van der Waals surface area contributed by atoms with Crippen LogP contribution in [0, 0.1) is 0 Å². The van der Waals surface area contributed by atoms with Crippen molar-refractivity contribution in [1.29, 1.82) is 0 Å². The number of anilines is 1. The second kappa shape index (κ2) is 7.43. The Morgan fingerprint density at radius 3 is 2.50 bits per heavy atom. The Hall–Kier alpha value is -3.09. The molecule has 1 aromatic heterocycles. The molecule has 0 aliphatic carbocycles. The number of carbonyl (C=O) groups is 2. The van der Waals surface area contributed by atoms with Crippen LogP contribution in [0.15, 0.2) is 48.7 Å². The Morgan fingerprint density at radius 2 is 1.88 bits per heavy atom. The Kier molecular flexibility index (Phi) is 5.06. The van der Waals surface area contributed by atoms with Crippen molar-refractivity contribution in [3.05, 3.63) is 54.2 Å². The van der Waals surface area contributed by atoms with E-state index in [-0.39, 0.29) is 18.7 Å². The van der Waals surface area contributed by atoms with Crippen LogP contribution in [0.1, 0.15) is 23.2 Å². The first kappa shape index (κ1) is 17.7. The third-order valence-corrected chi connectivity index (χ3v) is 4.57. The molecular weight excluding hydrogens is 334 g/mol. The van der Waals surface area contributed by atoms with Gasteiger partial charge in [0.15, 0.2) is 0 Å². The number of hydrogen-bond donors (Lipinski definition) is 2. The molecule has 0 radical (unpaired) electrons. The molecule has 7 nitrogen and oxygen atoms in total. The van der Waals surface area contributed by atoms with Crippen molar-refractivity contribution in [2.75, 3.05) is 25.5 Å². The molecule has 2 heterocycles. The van der Waals surface area contributed by atoms with Crippen LogP contribution in [0.25, 0.3) is 0 Å². The molecule has 1 aliphatic heterocycles. The van der Waals surface area contributed by atoms with Crippen LogP contribution in [0.2, 0.25) is 0 Å². The molecule has 1 aliphatic rings. The topological polar surface area (TPSA) is 91.8 Å². The van der Waals surface area contributed by atoms with Gasteiger partial charge in [0.2, 0.25) is 5.60 Å². The van der Waals surface area contributed by atoms with E-state index < -0.39 is 11.6 Å². The van der Waals surface area contributed by atoms with E-state index in [1.54, 1.807) is 54.5 Å². The minimum absolute atomic E-state index is 0.136. The van der Waals surface area contributed by atoms with Gasteiger partial charge in [0.1, 0.15) is 11.6 Å². The highest BCUT2D eigenvalue weighted by Gasteiger charge is 2.45. The van der Waals surface area contributed by atoms with Crippen molar-refractivity contribution >= 4 is 17.7 Å². The lowest BCUT2D eigenvalue weighted by Crippen LogP contribution is -2.54. The lowest BCUT2D eigenvalue weighted by atomic mass is 9.90. The molecule has 1 amide bonds. The van der Waals surface area contributed by atoms with E-state index >= 15 is 0 Å². The van der Waals surface area contributed by atoms with Gasteiger partial charge in [-0.05, 0) is 24.3 Å². The van der Waals surface area contributed by atoms with Gasteiger partial charge in [-0.2, -0.15) is 0 Å². The molecule has 1 aromatic carbocycles. The molecule has 2 N–H and O–H groups in total. The van der Waals surface area contributed by atoms with Crippen molar-refractivity contribution < 1.29 is 19.4 Å². The predicted octanol–water partition coefficient (Wildman–Crippen LogP) is 2.26. The molecule has 0 spiro atoms. The summed E-state index contributed by atoms with van der Waals surface area (Å²) in [7, 11) is 1.74. The van der Waals surface area contributed by atoms with Gasteiger partial charge in [-0.1, -0.05) is 18.2 Å². The summed E-state index contributed by atoms with van der Waals surface area (Å²) >= 11 is 0. The number of aromatic nitrogens is 1. The molecule has 0 bridgehead atoms. The fourth-order valence-corrected chi connectivity index (χ4v) is 3.03. The van der Waals surface area contributed by atoms with Crippen molar-refractivity contribution in [1.82, 2.24) is 9.88 Å².